The van der Waals surface area contributed by atoms with Crippen molar-refractivity contribution in [2.75, 3.05) is 20.3 Å². The summed E-state index contributed by atoms with van der Waals surface area (Å²) >= 11 is 0. The van der Waals surface area contributed by atoms with Crippen molar-refractivity contribution >= 4 is 11.9 Å². The van der Waals surface area contributed by atoms with Gasteiger partial charge in [-0.15, -0.1) is 0 Å². The summed E-state index contributed by atoms with van der Waals surface area (Å²) in [6, 6.07) is 0. The van der Waals surface area contributed by atoms with Crippen molar-refractivity contribution in [3.05, 3.63) is 0 Å². The molecular formula is C13H18O6. The van der Waals surface area contributed by atoms with E-state index in [1.54, 1.807) is 0 Å². The Hall–Kier alpha value is -1.14. The molecule has 106 valence electrons. The zero-order valence-corrected chi connectivity index (χ0v) is 11.1. The van der Waals surface area contributed by atoms with Crippen molar-refractivity contribution in [2.24, 2.45) is 17.8 Å². The number of ether oxygens (including phenoxy) is 4. The van der Waals surface area contributed by atoms with Gasteiger partial charge in [-0.3, -0.25) is 9.59 Å². The van der Waals surface area contributed by atoms with Crippen LogP contribution in [-0.4, -0.2) is 44.2 Å². The SMILES string of the molecule is COC(=O)C1C(=O)O[C@@H](C)[C@@H]2CC3(C[C@H]12)OCCO3. The monoisotopic (exact) mass is 270 g/mol. The van der Waals surface area contributed by atoms with Crippen molar-refractivity contribution in [3.63, 3.8) is 0 Å². The first-order chi connectivity index (χ1) is 9.06. The minimum absolute atomic E-state index is 0.0832. The van der Waals surface area contributed by atoms with Gasteiger partial charge in [-0.05, 0) is 12.8 Å². The van der Waals surface area contributed by atoms with Crippen LogP contribution in [-0.2, 0) is 28.5 Å². The van der Waals surface area contributed by atoms with Crippen LogP contribution in [0.2, 0.25) is 0 Å². The number of cyclic esters (lactones) is 1. The van der Waals surface area contributed by atoms with E-state index in [1.807, 2.05) is 6.92 Å². The Kier molecular flexibility index (Phi) is 3.02. The molecule has 6 nitrogen and oxygen atoms in total. The van der Waals surface area contributed by atoms with Crippen LogP contribution in [0, 0.1) is 17.8 Å². The maximum absolute atomic E-state index is 11.9. The lowest BCUT2D eigenvalue weighted by atomic mass is 9.79. The molecule has 2 heterocycles. The van der Waals surface area contributed by atoms with Gasteiger partial charge in [0.1, 0.15) is 6.10 Å². The van der Waals surface area contributed by atoms with E-state index < -0.39 is 23.6 Å². The Morgan fingerprint density at radius 2 is 1.89 bits per heavy atom. The number of carbonyl (C=O) groups excluding carboxylic acids is 2. The second kappa shape index (κ2) is 4.45. The fourth-order valence-electron chi connectivity index (χ4n) is 3.63. The number of carbonyl (C=O) groups is 2. The highest BCUT2D eigenvalue weighted by Gasteiger charge is 2.59. The van der Waals surface area contributed by atoms with Crippen LogP contribution in [0.5, 0.6) is 0 Å². The molecule has 19 heavy (non-hydrogen) atoms. The summed E-state index contributed by atoms with van der Waals surface area (Å²) < 4.78 is 21.4. The average molecular weight is 270 g/mol. The summed E-state index contributed by atoms with van der Waals surface area (Å²) in [6.45, 7) is 2.98. The topological polar surface area (TPSA) is 71.1 Å². The van der Waals surface area contributed by atoms with E-state index in [1.165, 1.54) is 7.11 Å². The molecule has 1 unspecified atom stereocenters. The summed E-state index contributed by atoms with van der Waals surface area (Å²) in [5.41, 5.74) is 0. The zero-order chi connectivity index (χ0) is 13.6. The van der Waals surface area contributed by atoms with Gasteiger partial charge < -0.3 is 18.9 Å². The highest BCUT2D eigenvalue weighted by molar-refractivity contribution is 5.95. The first-order valence-corrected chi connectivity index (χ1v) is 6.62. The van der Waals surface area contributed by atoms with E-state index in [9.17, 15) is 9.59 Å². The lowest BCUT2D eigenvalue weighted by Gasteiger charge is -2.34. The van der Waals surface area contributed by atoms with Gasteiger partial charge in [0.15, 0.2) is 11.7 Å². The third-order valence-electron chi connectivity index (χ3n) is 4.50. The summed E-state index contributed by atoms with van der Waals surface area (Å²) in [5.74, 6) is -2.54. The van der Waals surface area contributed by atoms with E-state index >= 15 is 0 Å². The summed E-state index contributed by atoms with van der Waals surface area (Å²) in [7, 11) is 1.29. The number of hydrogen-bond donors (Lipinski definition) is 0. The molecule has 0 amide bonds. The zero-order valence-electron chi connectivity index (χ0n) is 11.1. The largest absolute Gasteiger partial charge is 0.468 e. The van der Waals surface area contributed by atoms with Crippen LogP contribution in [0.15, 0.2) is 0 Å². The fourth-order valence-corrected chi connectivity index (χ4v) is 3.63. The number of methoxy groups -OCH3 is 1. The van der Waals surface area contributed by atoms with E-state index in [4.69, 9.17) is 18.9 Å². The highest BCUT2D eigenvalue weighted by Crippen LogP contribution is 2.51. The quantitative estimate of drug-likeness (QED) is 0.510. The fraction of sp³-hybridized carbons (Fsp3) is 0.846. The number of fused-ring (bicyclic) bond motifs is 1. The molecule has 6 heteroatoms. The van der Waals surface area contributed by atoms with Crippen molar-refractivity contribution in [2.45, 2.75) is 31.7 Å². The molecular weight excluding hydrogens is 252 g/mol. The first-order valence-electron chi connectivity index (χ1n) is 6.62. The number of hydrogen-bond acceptors (Lipinski definition) is 6. The van der Waals surface area contributed by atoms with Crippen LogP contribution in [0.3, 0.4) is 0 Å². The van der Waals surface area contributed by atoms with E-state index in [2.05, 4.69) is 0 Å². The van der Waals surface area contributed by atoms with E-state index in [0.717, 1.165) is 0 Å². The van der Waals surface area contributed by atoms with Crippen molar-refractivity contribution in [1.82, 2.24) is 0 Å². The maximum Gasteiger partial charge on any atom is 0.320 e. The maximum atomic E-state index is 11.9. The molecule has 0 aromatic carbocycles. The molecule has 3 aliphatic rings. The third kappa shape index (κ3) is 1.94. The predicted molar refractivity (Wildman–Crippen MR) is 61.9 cm³/mol. The van der Waals surface area contributed by atoms with Crippen molar-refractivity contribution < 1.29 is 28.5 Å². The van der Waals surface area contributed by atoms with Gasteiger partial charge in [0.25, 0.3) is 0 Å². The normalized spacial score (nSPS) is 40.0. The van der Waals surface area contributed by atoms with Gasteiger partial charge in [0.05, 0.1) is 20.3 Å². The minimum atomic E-state index is -0.849. The van der Waals surface area contributed by atoms with Gasteiger partial charge >= 0.3 is 11.9 Å². The first kappa shape index (κ1) is 12.9. The molecule has 0 N–H and O–H groups in total. The Bertz CT molecular complexity index is 400. The number of esters is 2. The Morgan fingerprint density at radius 3 is 2.53 bits per heavy atom. The Labute approximate surface area is 111 Å². The van der Waals surface area contributed by atoms with Crippen LogP contribution < -0.4 is 0 Å². The van der Waals surface area contributed by atoms with Crippen molar-refractivity contribution in [3.8, 4) is 0 Å². The summed E-state index contributed by atoms with van der Waals surface area (Å²) in [5, 5.41) is 0. The average Bonchev–Trinajstić information content (AvgIpc) is 2.97. The van der Waals surface area contributed by atoms with Crippen LogP contribution in [0.25, 0.3) is 0 Å². The Morgan fingerprint density at radius 1 is 1.26 bits per heavy atom. The molecule has 1 spiro atoms. The molecule has 4 atom stereocenters. The van der Waals surface area contributed by atoms with E-state index in [-0.39, 0.29) is 17.9 Å². The predicted octanol–water partition coefficient (Wildman–Crippen LogP) is 0.490. The highest BCUT2D eigenvalue weighted by atomic mass is 16.7. The van der Waals surface area contributed by atoms with Gasteiger partial charge in [-0.25, -0.2) is 0 Å². The van der Waals surface area contributed by atoms with E-state index in [0.29, 0.717) is 26.1 Å². The van der Waals surface area contributed by atoms with Crippen LogP contribution in [0.1, 0.15) is 19.8 Å². The van der Waals surface area contributed by atoms with Crippen molar-refractivity contribution in [1.29, 1.82) is 0 Å². The van der Waals surface area contributed by atoms with Gasteiger partial charge in [0.2, 0.25) is 0 Å². The molecule has 1 aliphatic carbocycles. The lowest BCUT2D eigenvalue weighted by molar-refractivity contribution is -0.178. The minimum Gasteiger partial charge on any atom is -0.468 e. The van der Waals surface area contributed by atoms with Gasteiger partial charge in [-0.2, -0.15) is 0 Å². The van der Waals surface area contributed by atoms with Crippen LogP contribution >= 0.6 is 0 Å². The molecule has 2 aliphatic heterocycles. The molecule has 1 saturated carbocycles. The molecule has 2 saturated heterocycles. The Balaban J connectivity index is 1.88. The lowest BCUT2D eigenvalue weighted by Crippen LogP contribution is -2.45. The molecule has 3 fully saturated rings. The molecule has 0 bridgehead atoms. The molecule has 3 rings (SSSR count). The van der Waals surface area contributed by atoms with Crippen LogP contribution in [0.4, 0.5) is 0 Å². The van der Waals surface area contributed by atoms with Gasteiger partial charge in [-0.1, -0.05) is 0 Å². The third-order valence-corrected chi connectivity index (χ3v) is 4.50. The second-order valence-corrected chi connectivity index (χ2v) is 5.49. The smallest absolute Gasteiger partial charge is 0.320 e. The second-order valence-electron chi connectivity index (χ2n) is 5.49. The standard InChI is InChI=1S/C13H18O6/c1-7-8-5-13(17-3-4-18-13)6-9(8)10(11(14)16-2)12(15)19-7/h7-10H,3-6H2,1-2H3/t7-,8-,9-,10?/m0/s1. The molecule has 0 radical (unpaired) electrons. The molecule has 0 aromatic rings. The van der Waals surface area contributed by atoms with Gasteiger partial charge in [0, 0.05) is 18.8 Å². The summed E-state index contributed by atoms with van der Waals surface area (Å²) in [6.07, 6.45) is 1.00. The molecule has 0 aromatic heterocycles. The number of rotatable bonds is 1. The summed E-state index contributed by atoms with van der Waals surface area (Å²) in [4.78, 5) is 23.8.